The first-order chi connectivity index (χ1) is 11.8. The summed E-state index contributed by atoms with van der Waals surface area (Å²) in [5.74, 6) is -0.473. The molecule has 2 fully saturated rings. The zero-order valence-corrected chi connectivity index (χ0v) is 14.7. The van der Waals surface area contributed by atoms with Crippen molar-refractivity contribution in [3.05, 3.63) is 30.1 Å². The van der Waals surface area contributed by atoms with Crippen LogP contribution in [0.15, 0.2) is 24.3 Å². The van der Waals surface area contributed by atoms with Crippen LogP contribution in [0.3, 0.4) is 0 Å². The van der Waals surface area contributed by atoms with Crippen LogP contribution in [0.25, 0.3) is 0 Å². The lowest BCUT2D eigenvalue weighted by Crippen LogP contribution is -2.54. The topological polar surface area (TPSA) is 69.6 Å². The number of nitrogens with zero attached hydrogens (tertiary/aromatic N) is 1. The molecule has 2 aliphatic rings. The summed E-state index contributed by atoms with van der Waals surface area (Å²) in [6.45, 7) is 5.67. The Morgan fingerprint density at radius 2 is 2.12 bits per heavy atom. The Kier molecular flexibility index (Phi) is 4.58. The van der Waals surface area contributed by atoms with Crippen LogP contribution >= 0.6 is 0 Å². The maximum Gasteiger partial charge on any atom is 0.224 e. The zero-order chi connectivity index (χ0) is 18.2. The molecule has 2 atom stereocenters. The van der Waals surface area contributed by atoms with Crippen molar-refractivity contribution < 1.29 is 19.1 Å². The molecule has 0 bridgehead atoms. The molecule has 136 valence electrons. The summed E-state index contributed by atoms with van der Waals surface area (Å²) >= 11 is 0. The molecule has 6 heteroatoms. The number of aliphatic hydroxyl groups excluding tert-OH is 1. The summed E-state index contributed by atoms with van der Waals surface area (Å²) < 4.78 is 13.1. The number of halogens is 1. The first kappa shape index (κ1) is 17.9. The van der Waals surface area contributed by atoms with Gasteiger partial charge in [-0.05, 0) is 36.0 Å². The zero-order valence-electron chi connectivity index (χ0n) is 14.7. The van der Waals surface area contributed by atoms with Gasteiger partial charge in [-0.2, -0.15) is 0 Å². The number of carbonyl (C=O) groups is 2. The summed E-state index contributed by atoms with van der Waals surface area (Å²) in [7, 11) is 0. The largest absolute Gasteiger partial charge is 0.396 e. The Labute approximate surface area is 147 Å². The molecular weight excluding hydrogens is 323 g/mol. The van der Waals surface area contributed by atoms with E-state index in [1.54, 1.807) is 11.0 Å². The van der Waals surface area contributed by atoms with Crippen LogP contribution < -0.4 is 5.32 Å². The minimum atomic E-state index is -0.418. The van der Waals surface area contributed by atoms with Crippen LogP contribution in [0.1, 0.15) is 33.1 Å². The summed E-state index contributed by atoms with van der Waals surface area (Å²) in [4.78, 5) is 26.2. The van der Waals surface area contributed by atoms with Gasteiger partial charge in [0, 0.05) is 37.0 Å². The summed E-state index contributed by atoms with van der Waals surface area (Å²) in [6.07, 6.45) is 1.10. The number of benzene rings is 1. The van der Waals surface area contributed by atoms with Gasteiger partial charge in [0.2, 0.25) is 11.8 Å². The summed E-state index contributed by atoms with van der Waals surface area (Å²) in [5, 5.41) is 12.4. The molecule has 0 unspecified atom stereocenters. The van der Waals surface area contributed by atoms with E-state index in [-0.39, 0.29) is 42.1 Å². The number of hydrogen-bond acceptors (Lipinski definition) is 3. The van der Waals surface area contributed by atoms with Gasteiger partial charge in [-0.3, -0.25) is 9.59 Å². The molecule has 0 radical (unpaired) electrons. The van der Waals surface area contributed by atoms with Crippen molar-refractivity contribution in [1.29, 1.82) is 0 Å². The van der Waals surface area contributed by atoms with Gasteiger partial charge in [-0.1, -0.05) is 19.9 Å². The van der Waals surface area contributed by atoms with Crippen LogP contribution in [0.5, 0.6) is 0 Å². The summed E-state index contributed by atoms with van der Waals surface area (Å²) in [6, 6.07) is 5.67. The van der Waals surface area contributed by atoms with E-state index in [0.717, 1.165) is 6.42 Å². The van der Waals surface area contributed by atoms with Crippen molar-refractivity contribution in [3.8, 4) is 0 Å². The van der Waals surface area contributed by atoms with Gasteiger partial charge < -0.3 is 15.3 Å². The van der Waals surface area contributed by atoms with Crippen molar-refractivity contribution in [1.82, 2.24) is 4.90 Å². The molecule has 0 aromatic heterocycles. The highest BCUT2D eigenvalue weighted by Gasteiger charge is 2.62. The number of anilines is 1. The normalized spacial score (nSPS) is 26.7. The number of nitrogens with one attached hydrogen (secondary N) is 1. The first-order valence-electron chi connectivity index (χ1n) is 8.70. The van der Waals surface area contributed by atoms with Crippen LogP contribution in [0, 0.1) is 22.6 Å². The Morgan fingerprint density at radius 3 is 2.72 bits per heavy atom. The lowest BCUT2D eigenvalue weighted by Gasteiger charge is -2.55. The van der Waals surface area contributed by atoms with Gasteiger partial charge in [-0.25, -0.2) is 4.39 Å². The van der Waals surface area contributed by atoms with E-state index >= 15 is 0 Å². The molecule has 1 aromatic rings. The fourth-order valence-corrected chi connectivity index (χ4v) is 4.70. The number of carbonyl (C=O) groups excluding carboxylic acids is 2. The fraction of sp³-hybridized carbons (Fsp3) is 0.579. The Balaban J connectivity index is 1.51. The van der Waals surface area contributed by atoms with Gasteiger partial charge in [-0.15, -0.1) is 0 Å². The van der Waals surface area contributed by atoms with Crippen molar-refractivity contribution in [2.24, 2.45) is 16.7 Å². The standard InChI is InChI=1S/C19H25FN2O3/c1-18(2)10-19(12-23)11-22(9-15(18)19)17(25)7-6-16(24)21-14-5-3-4-13(20)8-14/h3-5,8,15,23H,6-7,9-12H2,1-2H3,(H,21,24)/t15-,19-/m1/s1. The molecule has 0 spiro atoms. The number of amides is 2. The molecule has 3 rings (SSSR count). The van der Waals surface area contributed by atoms with Gasteiger partial charge in [0.1, 0.15) is 5.82 Å². The molecule has 2 N–H and O–H groups in total. The Hall–Kier alpha value is -1.95. The molecule has 1 heterocycles. The third-order valence-corrected chi connectivity index (χ3v) is 5.74. The van der Waals surface area contributed by atoms with Crippen molar-refractivity contribution in [3.63, 3.8) is 0 Å². The molecule has 5 nitrogen and oxygen atoms in total. The first-order valence-corrected chi connectivity index (χ1v) is 8.70. The van der Waals surface area contributed by atoms with Crippen LogP contribution in [0.4, 0.5) is 10.1 Å². The maximum atomic E-state index is 13.1. The van der Waals surface area contributed by atoms with Crippen molar-refractivity contribution in [2.75, 3.05) is 25.0 Å². The third-order valence-electron chi connectivity index (χ3n) is 5.74. The smallest absolute Gasteiger partial charge is 0.224 e. The molecule has 2 amide bonds. The van der Waals surface area contributed by atoms with Gasteiger partial charge in [0.25, 0.3) is 0 Å². The quantitative estimate of drug-likeness (QED) is 0.858. The van der Waals surface area contributed by atoms with Gasteiger partial charge in [0.05, 0.1) is 6.61 Å². The van der Waals surface area contributed by atoms with Gasteiger partial charge >= 0.3 is 0 Å². The molecule has 25 heavy (non-hydrogen) atoms. The molecule has 1 aromatic carbocycles. The third kappa shape index (κ3) is 3.40. The highest BCUT2D eigenvalue weighted by atomic mass is 19.1. The van der Waals surface area contributed by atoms with E-state index < -0.39 is 5.82 Å². The number of likely N-dealkylation sites (tertiary alicyclic amines) is 1. The van der Waals surface area contributed by atoms with Crippen molar-refractivity contribution >= 4 is 17.5 Å². The maximum absolute atomic E-state index is 13.1. The Bertz CT molecular complexity index is 691. The molecule has 1 saturated heterocycles. The number of fused-ring (bicyclic) bond motifs is 1. The lowest BCUT2D eigenvalue weighted by molar-refractivity contribution is -0.132. The average Bonchev–Trinajstić information content (AvgIpc) is 2.88. The van der Waals surface area contributed by atoms with E-state index in [9.17, 15) is 19.1 Å². The lowest BCUT2D eigenvalue weighted by atomic mass is 9.48. The highest BCUT2D eigenvalue weighted by Crippen LogP contribution is 2.62. The molecular formula is C19H25FN2O3. The SMILES string of the molecule is CC1(C)C[C@]2(CO)CN(C(=O)CCC(=O)Nc3cccc(F)c3)C[C@H]12. The second-order valence-corrected chi connectivity index (χ2v) is 8.07. The molecule has 1 aliphatic heterocycles. The summed E-state index contributed by atoms with van der Waals surface area (Å²) in [5.41, 5.74) is 0.368. The predicted octanol–water partition coefficient (Wildman–Crippen LogP) is 2.41. The van der Waals surface area contributed by atoms with E-state index in [0.29, 0.717) is 24.7 Å². The highest BCUT2D eigenvalue weighted by molar-refractivity contribution is 5.93. The van der Waals surface area contributed by atoms with Gasteiger partial charge in [0.15, 0.2) is 0 Å². The average molecular weight is 348 g/mol. The van der Waals surface area contributed by atoms with E-state index in [1.165, 1.54) is 18.2 Å². The van der Waals surface area contributed by atoms with E-state index in [4.69, 9.17) is 0 Å². The Morgan fingerprint density at radius 1 is 1.36 bits per heavy atom. The van der Waals surface area contributed by atoms with E-state index in [1.807, 2.05) is 0 Å². The monoisotopic (exact) mass is 348 g/mol. The molecule has 1 aliphatic carbocycles. The second-order valence-electron chi connectivity index (χ2n) is 8.07. The second kappa shape index (κ2) is 6.41. The number of hydrogen-bond donors (Lipinski definition) is 2. The van der Waals surface area contributed by atoms with E-state index in [2.05, 4.69) is 19.2 Å². The number of aliphatic hydroxyl groups is 1. The predicted molar refractivity (Wildman–Crippen MR) is 92.3 cm³/mol. The minimum absolute atomic E-state index is 0.0615. The molecule has 1 saturated carbocycles. The van der Waals surface area contributed by atoms with Crippen LogP contribution in [-0.2, 0) is 9.59 Å². The fourth-order valence-electron chi connectivity index (χ4n) is 4.70. The minimum Gasteiger partial charge on any atom is -0.396 e. The van der Waals surface area contributed by atoms with Crippen LogP contribution in [0.2, 0.25) is 0 Å². The number of rotatable bonds is 5. The van der Waals surface area contributed by atoms with Crippen molar-refractivity contribution in [2.45, 2.75) is 33.1 Å². The van der Waals surface area contributed by atoms with Crippen LogP contribution in [-0.4, -0.2) is 41.5 Å².